The molecule has 3 rings (SSSR count). The number of hydrogen-bond acceptors (Lipinski definition) is 4. The van der Waals surface area contributed by atoms with Gasteiger partial charge in [-0.3, -0.25) is 9.59 Å². The molecule has 2 fully saturated rings. The van der Waals surface area contributed by atoms with Crippen molar-refractivity contribution in [2.75, 3.05) is 33.8 Å². The predicted molar refractivity (Wildman–Crippen MR) is 127 cm³/mol. The van der Waals surface area contributed by atoms with E-state index in [1.54, 1.807) is 11.0 Å². The largest absolute Gasteiger partial charge is 0.376 e. The number of benzene rings is 1. The molecule has 188 valence electrons. The van der Waals surface area contributed by atoms with Crippen molar-refractivity contribution in [1.82, 2.24) is 20.4 Å². The van der Waals surface area contributed by atoms with E-state index in [2.05, 4.69) is 10.6 Å². The molecular weight excluding hydrogens is 439 g/mol. The van der Waals surface area contributed by atoms with Crippen molar-refractivity contribution in [1.29, 1.82) is 0 Å². The predicted octanol–water partition coefficient (Wildman–Crippen LogP) is 2.64. The van der Waals surface area contributed by atoms with E-state index in [0.717, 1.165) is 37.7 Å². The van der Waals surface area contributed by atoms with Gasteiger partial charge in [-0.15, -0.1) is 0 Å². The van der Waals surface area contributed by atoms with Crippen molar-refractivity contribution in [2.45, 2.75) is 69.6 Å². The summed E-state index contributed by atoms with van der Waals surface area (Å²) in [5.74, 6) is -1.27. The molecular formula is C25H37FN4O4. The van der Waals surface area contributed by atoms with E-state index in [4.69, 9.17) is 4.74 Å². The van der Waals surface area contributed by atoms with Crippen LogP contribution in [0.25, 0.3) is 0 Å². The second-order valence-electron chi connectivity index (χ2n) is 9.35. The molecule has 2 atom stereocenters. The van der Waals surface area contributed by atoms with Crippen LogP contribution in [0, 0.1) is 5.82 Å². The van der Waals surface area contributed by atoms with E-state index in [1.165, 1.54) is 25.1 Å². The molecule has 2 aliphatic rings. The first-order valence-electron chi connectivity index (χ1n) is 12.2. The SMILES string of the molecule is CCNC(=O)N1CCCC(NC(=O)C(=O)N(C)C)C1COC1CCC(c2ccccc2F)CC1. The molecule has 34 heavy (non-hydrogen) atoms. The van der Waals surface area contributed by atoms with Gasteiger partial charge in [0.05, 0.1) is 24.8 Å². The molecule has 2 N–H and O–H groups in total. The quantitative estimate of drug-likeness (QED) is 0.618. The van der Waals surface area contributed by atoms with Gasteiger partial charge in [0.1, 0.15) is 5.82 Å². The molecule has 1 aliphatic heterocycles. The molecule has 8 nitrogen and oxygen atoms in total. The van der Waals surface area contributed by atoms with Crippen LogP contribution in [0.3, 0.4) is 0 Å². The van der Waals surface area contributed by atoms with Gasteiger partial charge < -0.3 is 25.2 Å². The molecule has 1 aliphatic carbocycles. The summed E-state index contributed by atoms with van der Waals surface area (Å²) >= 11 is 0. The first-order valence-corrected chi connectivity index (χ1v) is 12.2. The molecule has 2 unspecified atom stereocenters. The first-order chi connectivity index (χ1) is 16.3. The summed E-state index contributed by atoms with van der Waals surface area (Å²) in [6.07, 6.45) is 4.70. The van der Waals surface area contributed by atoms with Crippen molar-refractivity contribution in [2.24, 2.45) is 0 Å². The van der Waals surface area contributed by atoms with Crippen LogP contribution >= 0.6 is 0 Å². The van der Waals surface area contributed by atoms with E-state index < -0.39 is 11.8 Å². The van der Waals surface area contributed by atoms with E-state index >= 15 is 0 Å². The van der Waals surface area contributed by atoms with Crippen molar-refractivity contribution in [3.8, 4) is 0 Å². The Kier molecular flexibility index (Phi) is 9.27. The van der Waals surface area contributed by atoms with Gasteiger partial charge in [-0.05, 0) is 63.0 Å². The highest BCUT2D eigenvalue weighted by Crippen LogP contribution is 2.35. The fourth-order valence-electron chi connectivity index (χ4n) is 4.95. The lowest BCUT2D eigenvalue weighted by molar-refractivity contribution is -0.145. The van der Waals surface area contributed by atoms with Gasteiger partial charge in [-0.1, -0.05) is 18.2 Å². The number of carbonyl (C=O) groups excluding carboxylic acids is 3. The summed E-state index contributed by atoms with van der Waals surface area (Å²) in [6.45, 7) is 3.19. The fourth-order valence-corrected chi connectivity index (χ4v) is 4.95. The number of amides is 4. The lowest BCUT2D eigenvalue weighted by Crippen LogP contribution is -2.62. The van der Waals surface area contributed by atoms with Crippen LogP contribution in [0.1, 0.15) is 56.9 Å². The minimum Gasteiger partial charge on any atom is -0.376 e. The maximum absolute atomic E-state index is 14.2. The van der Waals surface area contributed by atoms with Gasteiger partial charge in [0.25, 0.3) is 0 Å². The smallest absolute Gasteiger partial charge is 0.317 e. The zero-order valence-electron chi connectivity index (χ0n) is 20.4. The number of nitrogens with one attached hydrogen (secondary N) is 2. The number of halogens is 1. The second-order valence-corrected chi connectivity index (χ2v) is 9.35. The molecule has 1 saturated heterocycles. The number of urea groups is 1. The molecule has 9 heteroatoms. The van der Waals surface area contributed by atoms with Crippen LogP contribution in [0.5, 0.6) is 0 Å². The maximum atomic E-state index is 14.2. The Bertz CT molecular complexity index is 857. The Morgan fingerprint density at radius 2 is 1.82 bits per heavy atom. The molecule has 0 spiro atoms. The minimum atomic E-state index is -0.678. The third-order valence-corrected chi connectivity index (χ3v) is 6.81. The third-order valence-electron chi connectivity index (χ3n) is 6.81. The van der Waals surface area contributed by atoms with Crippen molar-refractivity contribution >= 4 is 17.8 Å². The number of ether oxygens (including phenoxy) is 1. The van der Waals surface area contributed by atoms with Gasteiger partial charge in [-0.2, -0.15) is 0 Å². The molecule has 1 aromatic rings. The second kappa shape index (κ2) is 12.1. The van der Waals surface area contributed by atoms with Crippen LogP contribution in [0.2, 0.25) is 0 Å². The lowest BCUT2D eigenvalue weighted by atomic mass is 9.82. The van der Waals surface area contributed by atoms with Gasteiger partial charge in [0, 0.05) is 27.2 Å². The average Bonchev–Trinajstić information content (AvgIpc) is 2.83. The lowest BCUT2D eigenvalue weighted by Gasteiger charge is -2.42. The summed E-state index contributed by atoms with van der Waals surface area (Å²) in [6, 6.07) is 6.00. The van der Waals surface area contributed by atoms with E-state index in [1.807, 2.05) is 19.1 Å². The molecule has 0 radical (unpaired) electrons. The van der Waals surface area contributed by atoms with Gasteiger partial charge in [-0.25, -0.2) is 9.18 Å². The summed E-state index contributed by atoms with van der Waals surface area (Å²) < 4.78 is 20.4. The maximum Gasteiger partial charge on any atom is 0.317 e. The number of nitrogens with zero attached hydrogens (tertiary/aromatic N) is 2. The number of likely N-dealkylation sites (tertiary alicyclic amines) is 1. The van der Waals surface area contributed by atoms with Crippen molar-refractivity contribution in [3.63, 3.8) is 0 Å². The zero-order chi connectivity index (χ0) is 24.7. The zero-order valence-corrected chi connectivity index (χ0v) is 20.4. The van der Waals surface area contributed by atoms with Crippen LogP contribution < -0.4 is 10.6 Å². The molecule has 1 aromatic carbocycles. The number of hydrogen-bond donors (Lipinski definition) is 2. The van der Waals surface area contributed by atoms with Gasteiger partial charge >= 0.3 is 17.8 Å². The highest BCUT2D eigenvalue weighted by atomic mass is 19.1. The molecule has 4 amide bonds. The number of carbonyl (C=O) groups is 3. The van der Waals surface area contributed by atoms with E-state index in [9.17, 15) is 18.8 Å². The van der Waals surface area contributed by atoms with Gasteiger partial charge in [0.15, 0.2) is 0 Å². The monoisotopic (exact) mass is 476 g/mol. The Hall–Kier alpha value is -2.68. The summed E-state index contributed by atoms with van der Waals surface area (Å²) in [5.41, 5.74) is 0.768. The Morgan fingerprint density at radius 1 is 1.12 bits per heavy atom. The number of likely N-dealkylation sites (N-methyl/N-ethyl adjacent to an activating group) is 1. The van der Waals surface area contributed by atoms with Crippen molar-refractivity contribution in [3.05, 3.63) is 35.6 Å². The minimum absolute atomic E-state index is 0.0146. The van der Waals surface area contributed by atoms with Crippen LogP contribution in [0.4, 0.5) is 9.18 Å². The molecule has 0 bridgehead atoms. The first kappa shape index (κ1) is 25.9. The molecule has 1 saturated carbocycles. The molecule has 1 heterocycles. The summed E-state index contributed by atoms with van der Waals surface area (Å²) in [4.78, 5) is 40.1. The van der Waals surface area contributed by atoms with Crippen LogP contribution in [-0.4, -0.2) is 79.6 Å². The normalized spacial score (nSPS) is 24.9. The van der Waals surface area contributed by atoms with E-state index in [-0.39, 0.29) is 42.6 Å². The Balaban J connectivity index is 1.62. The van der Waals surface area contributed by atoms with E-state index in [0.29, 0.717) is 19.5 Å². The fraction of sp³-hybridized carbons (Fsp3) is 0.640. The van der Waals surface area contributed by atoms with Crippen molar-refractivity contribution < 1.29 is 23.5 Å². The van der Waals surface area contributed by atoms with Crippen LogP contribution in [-0.2, 0) is 14.3 Å². The summed E-state index contributed by atoms with van der Waals surface area (Å²) in [5, 5.41) is 5.66. The summed E-state index contributed by atoms with van der Waals surface area (Å²) in [7, 11) is 3.06. The third kappa shape index (κ3) is 6.46. The van der Waals surface area contributed by atoms with Gasteiger partial charge in [0.2, 0.25) is 0 Å². The molecule has 0 aromatic heterocycles. The highest BCUT2D eigenvalue weighted by Gasteiger charge is 2.37. The average molecular weight is 477 g/mol. The van der Waals surface area contributed by atoms with Crippen LogP contribution in [0.15, 0.2) is 24.3 Å². The highest BCUT2D eigenvalue weighted by molar-refractivity contribution is 6.34. The number of rotatable bonds is 6. The Labute approximate surface area is 201 Å². The topological polar surface area (TPSA) is 91.0 Å². The standard InChI is InChI=1S/C25H37FN4O4/c1-4-27-25(33)30-15-7-10-21(28-23(31)24(32)29(2)3)22(30)16-34-18-13-11-17(12-14-18)19-8-5-6-9-20(19)26/h5-6,8-9,17-18,21-22H,4,7,10-16H2,1-3H3,(H,27,33)(H,28,31). The Morgan fingerprint density at radius 3 is 2.47 bits per heavy atom. The number of piperidine rings is 1.